The smallest absolute Gasteiger partial charge is 0.0512 e. The van der Waals surface area contributed by atoms with E-state index in [1.165, 1.54) is 44.9 Å². The fourth-order valence-corrected chi connectivity index (χ4v) is 1.85. The zero-order valence-electron chi connectivity index (χ0n) is 11.3. The average molecular weight is 229 g/mol. The van der Waals surface area contributed by atoms with Crippen LogP contribution < -0.4 is 5.32 Å². The largest absolute Gasteiger partial charge is 0.393 e. The summed E-state index contributed by atoms with van der Waals surface area (Å²) in [7, 11) is 0. The Hall–Kier alpha value is -0.0800. The van der Waals surface area contributed by atoms with Crippen molar-refractivity contribution in [3.05, 3.63) is 0 Å². The summed E-state index contributed by atoms with van der Waals surface area (Å²) >= 11 is 0. The van der Waals surface area contributed by atoms with Crippen LogP contribution in [-0.4, -0.2) is 24.3 Å². The normalized spacial score (nSPS) is 12.9. The van der Waals surface area contributed by atoms with Gasteiger partial charge in [-0.05, 0) is 39.3 Å². The van der Waals surface area contributed by atoms with E-state index in [4.69, 9.17) is 5.11 Å². The molecular weight excluding hydrogens is 198 g/mol. The monoisotopic (exact) mass is 229 g/mol. The molecule has 16 heavy (non-hydrogen) atoms. The van der Waals surface area contributed by atoms with Gasteiger partial charge in [0.15, 0.2) is 0 Å². The molecule has 0 saturated heterocycles. The van der Waals surface area contributed by atoms with Crippen molar-refractivity contribution in [2.45, 2.75) is 77.7 Å². The molecule has 0 aliphatic heterocycles. The van der Waals surface area contributed by atoms with E-state index in [9.17, 15) is 0 Å². The molecular formula is C14H31NO. The first kappa shape index (κ1) is 15.9. The van der Waals surface area contributed by atoms with Gasteiger partial charge in [0.05, 0.1) is 6.10 Å². The molecule has 2 N–H and O–H groups in total. The maximum absolute atomic E-state index is 9.07. The predicted octanol–water partition coefficient (Wildman–Crippen LogP) is 3.49. The summed E-state index contributed by atoms with van der Waals surface area (Å²) in [5.74, 6) is 0. The van der Waals surface area contributed by atoms with Crippen LogP contribution in [0.15, 0.2) is 0 Å². The molecule has 2 nitrogen and oxygen atoms in total. The highest BCUT2D eigenvalue weighted by Gasteiger charge is 1.95. The summed E-state index contributed by atoms with van der Waals surface area (Å²) < 4.78 is 0. The topological polar surface area (TPSA) is 32.3 Å². The quantitative estimate of drug-likeness (QED) is 0.502. The number of nitrogens with one attached hydrogen (secondary N) is 1. The highest BCUT2D eigenvalue weighted by Crippen LogP contribution is 2.06. The highest BCUT2D eigenvalue weighted by molar-refractivity contribution is 4.53. The minimum absolute atomic E-state index is 0.139. The molecule has 0 aliphatic rings. The lowest BCUT2D eigenvalue weighted by Crippen LogP contribution is -2.17. The van der Waals surface area contributed by atoms with Gasteiger partial charge in [-0.2, -0.15) is 0 Å². The first-order chi connectivity index (χ1) is 7.77. The van der Waals surface area contributed by atoms with Gasteiger partial charge in [0.25, 0.3) is 0 Å². The fourth-order valence-electron chi connectivity index (χ4n) is 1.85. The van der Waals surface area contributed by atoms with Gasteiger partial charge >= 0.3 is 0 Å². The fraction of sp³-hybridized carbons (Fsp3) is 1.00. The van der Waals surface area contributed by atoms with E-state index in [0.717, 1.165) is 25.9 Å². The van der Waals surface area contributed by atoms with Gasteiger partial charge in [-0.25, -0.2) is 0 Å². The van der Waals surface area contributed by atoms with Crippen LogP contribution >= 0.6 is 0 Å². The molecule has 1 atom stereocenters. The number of hydrogen-bond acceptors (Lipinski definition) is 2. The van der Waals surface area contributed by atoms with E-state index in [0.29, 0.717) is 0 Å². The Morgan fingerprint density at radius 2 is 1.44 bits per heavy atom. The molecule has 0 radical (unpaired) electrons. The summed E-state index contributed by atoms with van der Waals surface area (Å²) in [5.41, 5.74) is 0. The van der Waals surface area contributed by atoms with Crippen LogP contribution in [0.25, 0.3) is 0 Å². The summed E-state index contributed by atoms with van der Waals surface area (Å²) in [6.07, 6.45) is 11.5. The second kappa shape index (κ2) is 13.0. The van der Waals surface area contributed by atoms with E-state index in [-0.39, 0.29) is 6.10 Å². The molecule has 0 amide bonds. The van der Waals surface area contributed by atoms with E-state index < -0.39 is 0 Å². The average Bonchev–Trinajstić information content (AvgIpc) is 2.25. The minimum atomic E-state index is -0.139. The Kier molecular flexibility index (Phi) is 12.9. The zero-order chi connectivity index (χ0) is 12.1. The van der Waals surface area contributed by atoms with Crippen molar-refractivity contribution in [3.8, 4) is 0 Å². The molecule has 0 rings (SSSR count). The van der Waals surface area contributed by atoms with Crippen molar-refractivity contribution < 1.29 is 5.11 Å². The maximum Gasteiger partial charge on any atom is 0.0512 e. The first-order valence-electron chi connectivity index (χ1n) is 7.16. The summed E-state index contributed by atoms with van der Waals surface area (Å²) in [6.45, 7) is 6.32. The van der Waals surface area contributed by atoms with Gasteiger partial charge in [0.1, 0.15) is 0 Å². The van der Waals surface area contributed by atoms with Crippen LogP contribution in [0.4, 0.5) is 0 Å². The molecule has 0 spiro atoms. The van der Waals surface area contributed by atoms with Crippen molar-refractivity contribution in [2.24, 2.45) is 0 Å². The molecule has 2 heteroatoms. The van der Waals surface area contributed by atoms with E-state index in [1.54, 1.807) is 0 Å². The third-order valence-electron chi connectivity index (χ3n) is 2.93. The molecule has 1 unspecified atom stereocenters. The molecule has 0 heterocycles. The third-order valence-corrected chi connectivity index (χ3v) is 2.93. The molecule has 0 fully saturated rings. The summed E-state index contributed by atoms with van der Waals surface area (Å²) in [6, 6.07) is 0. The lowest BCUT2D eigenvalue weighted by atomic mass is 10.1. The number of hydrogen-bond donors (Lipinski definition) is 2. The highest BCUT2D eigenvalue weighted by atomic mass is 16.3. The van der Waals surface area contributed by atoms with Gasteiger partial charge in [-0.3, -0.25) is 0 Å². The SMILES string of the molecule is CCCCCCCCCNCCCC(C)O. The minimum Gasteiger partial charge on any atom is -0.393 e. The zero-order valence-corrected chi connectivity index (χ0v) is 11.3. The molecule has 0 saturated carbocycles. The lowest BCUT2D eigenvalue weighted by molar-refractivity contribution is 0.181. The Morgan fingerprint density at radius 3 is 2.06 bits per heavy atom. The van der Waals surface area contributed by atoms with Gasteiger partial charge in [0, 0.05) is 0 Å². The van der Waals surface area contributed by atoms with E-state index in [2.05, 4.69) is 12.2 Å². The Bertz CT molecular complexity index is 126. The molecule has 0 aromatic carbocycles. The van der Waals surface area contributed by atoms with Crippen LogP contribution in [0.3, 0.4) is 0 Å². The van der Waals surface area contributed by atoms with Gasteiger partial charge in [-0.15, -0.1) is 0 Å². The predicted molar refractivity (Wildman–Crippen MR) is 71.8 cm³/mol. The van der Waals surface area contributed by atoms with Crippen molar-refractivity contribution in [2.75, 3.05) is 13.1 Å². The van der Waals surface area contributed by atoms with Gasteiger partial charge < -0.3 is 10.4 Å². The van der Waals surface area contributed by atoms with Crippen LogP contribution in [0.1, 0.15) is 71.6 Å². The Morgan fingerprint density at radius 1 is 0.875 bits per heavy atom. The van der Waals surface area contributed by atoms with Gasteiger partial charge in [-0.1, -0.05) is 45.4 Å². The van der Waals surface area contributed by atoms with Crippen molar-refractivity contribution >= 4 is 0 Å². The lowest BCUT2D eigenvalue weighted by Gasteiger charge is -2.06. The van der Waals surface area contributed by atoms with Crippen molar-refractivity contribution in [1.29, 1.82) is 0 Å². The van der Waals surface area contributed by atoms with Crippen molar-refractivity contribution in [1.82, 2.24) is 5.32 Å². The molecule has 0 bridgehead atoms. The van der Waals surface area contributed by atoms with E-state index in [1.807, 2.05) is 6.92 Å². The second-order valence-corrected chi connectivity index (χ2v) is 4.86. The second-order valence-electron chi connectivity index (χ2n) is 4.86. The third kappa shape index (κ3) is 13.9. The van der Waals surface area contributed by atoms with Crippen LogP contribution in [-0.2, 0) is 0 Å². The Labute approximate surface area is 102 Å². The number of unbranched alkanes of at least 4 members (excludes halogenated alkanes) is 6. The van der Waals surface area contributed by atoms with Crippen LogP contribution in [0.5, 0.6) is 0 Å². The summed E-state index contributed by atoms with van der Waals surface area (Å²) in [5, 5.41) is 12.5. The maximum atomic E-state index is 9.07. The Balaban J connectivity index is 2.88. The molecule has 0 aliphatic carbocycles. The first-order valence-corrected chi connectivity index (χ1v) is 7.16. The molecule has 0 aromatic heterocycles. The molecule has 0 aromatic rings. The van der Waals surface area contributed by atoms with Crippen LogP contribution in [0, 0.1) is 0 Å². The van der Waals surface area contributed by atoms with Crippen LogP contribution in [0.2, 0.25) is 0 Å². The van der Waals surface area contributed by atoms with Crippen molar-refractivity contribution in [3.63, 3.8) is 0 Å². The number of aliphatic hydroxyl groups excluding tert-OH is 1. The standard InChI is InChI=1S/C14H31NO/c1-3-4-5-6-7-8-9-12-15-13-10-11-14(2)16/h14-16H,3-13H2,1-2H3. The number of rotatable bonds is 12. The molecule has 98 valence electrons. The van der Waals surface area contributed by atoms with Gasteiger partial charge in [0.2, 0.25) is 0 Å². The van der Waals surface area contributed by atoms with E-state index >= 15 is 0 Å². The summed E-state index contributed by atoms with van der Waals surface area (Å²) in [4.78, 5) is 0. The number of aliphatic hydroxyl groups is 1.